The van der Waals surface area contributed by atoms with Gasteiger partial charge in [0.15, 0.2) is 11.5 Å². The number of aryl methyl sites for hydroxylation is 1. The van der Waals surface area contributed by atoms with Crippen LogP contribution in [0, 0.1) is 10.1 Å². The number of hydrogen-bond donors (Lipinski definition) is 1. The lowest BCUT2D eigenvalue weighted by Crippen LogP contribution is -2.25. The third-order valence-electron chi connectivity index (χ3n) is 3.96. The molecule has 0 aromatic heterocycles. The lowest BCUT2D eigenvalue weighted by atomic mass is 10.1. The Hall–Kier alpha value is -3.09. The molecule has 2 aromatic carbocycles. The molecule has 0 atom stereocenters. The van der Waals surface area contributed by atoms with Crippen molar-refractivity contribution in [3.05, 3.63) is 63.7 Å². The Bertz CT molecular complexity index is 774. The van der Waals surface area contributed by atoms with Gasteiger partial charge < -0.3 is 14.8 Å². The van der Waals surface area contributed by atoms with E-state index < -0.39 is 4.92 Å². The van der Waals surface area contributed by atoms with E-state index in [9.17, 15) is 14.9 Å². The molecule has 1 amide bonds. The molecule has 7 nitrogen and oxygen atoms in total. The summed E-state index contributed by atoms with van der Waals surface area (Å²) < 4.78 is 10.6. The van der Waals surface area contributed by atoms with Crippen LogP contribution in [0.25, 0.3) is 0 Å². The molecule has 1 N–H and O–H groups in total. The fourth-order valence-corrected chi connectivity index (χ4v) is 2.57. The van der Waals surface area contributed by atoms with Crippen LogP contribution in [0.3, 0.4) is 0 Å². The molecule has 25 heavy (non-hydrogen) atoms. The van der Waals surface area contributed by atoms with E-state index in [2.05, 4.69) is 5.32 Å². The van der Waals surface area contributed by atoms with Gasteiger partial charge in [-0.15, -0.1) is 0 Å². The molecule has 0 spiro atoms. The Balaban J connectivity index is 1.40. The van der Waals surface area contributed by atoms with E-state index in [1.807, 2.05) is 18.2 Å². The minimum absolute atomic E-state index is 0.0282. The second-order valence-electron chi connectivity index (χ2n) is 5.71. The van der Waals surface area contributed by atoms with Gasteiger partial charge in [0.05, 0.1) is 4.92 Å². The number of nitrogens with zero attached hydrogens (tertiary/aromatic N) is 1. The largest absolute Gasteiger partial charge is 0.454 e. The first-order valence-electron chi connectivity index (χ1n) is 8.00. The van der Waals surface area contributed by atoms with Crippen molar-refractivity contribution in [3.63, 3.8) is 0 Å². The molecule has 0 saturated heterocycles. The third-order valence-corrected chi connectivity index (χ3v) is 3.96. The fourth-order valence-electron chi connectivity index (χ4n) is 2.57. The number of nitro benzene ring substituents is 1. The van der Waals surface area contributed by atoms with Gasteiger partial charge in [-0.05, 0) is 36.1 Å². The number of carbonyl (C=O) groups excluding carboxylic acids is 1. The number of rotatable bonds is 7. The van der Waals surface area contributed by atoms with E-state index >= 15 is 0 Å². The van der Waals surface area contributed by atoms with Gasteiger partial charge in [0.1, 0.15) is 0 Å². The normalized spacial score (nSPS) is 12.0. The molecule has 0 radical (unpaired) electrons. The molecular formula is C18H18N2O5. The van der Waals surface area contributed by atoms with Gasteiger partial charge in [-0.3, -0.25) is 14.9 Å². The van der Waals surface area contributed by atoms with Gasteiger partial charge >= 0.3 is 0 Å². The van der Waals surface area contributed by atoms with Crippen molar-refractivity contribution < 1.29 is 19.2 Å². The van der Waals surface area contributed by atoms with Gasteiger partial charge in [-0.2, -0.15) is 0 Å². The topological polar surface area (TPSA) is 90.7 Å². The second-order valence-corrected chi connectivity index (χ2v) is 5.71. The van der Waals surface area contributed by atoms with Gasteiger partial charge in [0.2, 0.25) is 12.7 Å². The SMILES string of the molecule is O=C(CCc1ccc2c(c1)OCO2)NCCc1ccc([N+](=O)[O-])cc1. The van der Waals surface area contributed by atoms with Crippen molar-refractivity contribution >= 4 is 11.6 Å². The Morgan fingerprint density at radius 1 is 1.04 bits per heavy atom. The maximum absolute atomic E-state index is 11.9. The van der Waals surface area contributed by atoms with Crippen LogP contribution in [0.2, 0.25) is 0 Å². The zero-order chi connectivity index (χ0) is 17.6. The number of ether oxygens (including phenoxy) is 2. The molecule has 1 aliphatic rings. The number of fused-ring (bicyclic) bond motifs is 1. The maximum atomic E-state index is 11.9. The van der Waals surface area contributed by atoms with E-state index in [0.717, 1.165) is 22.6 Å². The molecule has 0 bridgehead atoms. The predicted octanol–water partition coefficient (Wildman–Crippen LogP) is 2.62. The number of hydrogen-bond acceptors (Lipinski definition) is 5. The number of nitro groups is 1. The smallest absolute Gasteiger partial charge is 0.269 e. The standard InChI is InChI=1S/C18H18N2O5/c21-18(8-4-14-3-7-16-17(11-14)25-12-24-16)19-10-9-13-1-5-15(6-2-13)20(22)23/h1-3,5-7,11H,4,8-10,12H2,(H,19,21). The molecule has 7 heteroatoms. The summed E-state index contributed by atoms with van der Waals surface area (Å²) in [4.78, 5) is 22.1. The van der Waals surface area contributed by atoms with Crippen molar-refractivity contribution in [2.45, 2.75) is 19.3 Å². The zero-order valence-corrected chi connectivity index (χ0v) is 13.6. The first-order chi connectivity index (χ1) is 12.1. The van der Waals surface area contributed by atoms with Crippen molar-refractivity contribution in [2.75, 3.05) is 13.3 Å². The lowest BCUT2D eigenvalue weighted by Gasteiger charge is -2.06. The summed E-state index contributed by atoms with van der Waals surface area (Å²) in [5, 5.41) is 13.5. The highest BCUT2D eigenvalue weighted by molar-refractivity contribution is 5.76. The molecule has 1 aliphatic heterocycles. The van der Waals surface area contributed by atoms with Crippen LogP contribution in [0.15, 0.2) is 42.5 Å². The minimum atomic E-state index is -0.429. The van der Waals surface area contributed by atoms with Crippen LogP contribution in [-0.4, -0.2) is 24.2 Å². The van der Waals surface area contributed by atoms with Gasteiger partial charge in [0.25, 0.3) is 5.69 Å². The van der Waals surface area contributed by atoms with Gasteiger partial charge in [0, 0.05) is 25.1 Å². The van der Waals surface area contributed by atoms with Crippen LogP contribution in [0.4, 0.5) is 5.69 Å². The predicted molar refractivity (Wildman–Crippen MR) is 90.7 cm³/mol. The summed E-state index contributed by atoms with van der Waals surface area (Å²) in [5.41, 5.74) is 2.04. The molecule has 3 rings (SSSR count). The second kappa shape index (κ2) is 7.65. The molecule has 130 valence electrons. The quantitative estimate of drug-likeness (QED) is 0.617. The Labute approximate surface area is 144 Å². The van der Waals surface area contributed by atoms with Crippen molar-refractivity contribution in [1.29, 1.82) is 0 Å². The minimum Gasteiger partial charge on any atom is -0.454 e. The van der Waals surface area contributed by atoms with Gasteiger partial charge in [-0.1, -0.05) is 18.2 Å². The molecule has 0 unspecified atom stereocenters. The maximum Gasteiger partial charge on any atom is 0.269 e. The fraction of sp³-hybridized carbons (Fsp3) is 0.278. The number of non-ortho nitro benzene ring substituents is 1. The summed E-state index contributed by atoms with van der Waals surface area (Å²) in [6, 6.07) is 12.0. The summed E-state index contributed by atoms with van der Waals surface area (Å²) in [6.07, 6.45) is 1.65. The third kappa shape index (κ3) is 4.47. The van der Waals surface area contributed by atoms with E-state index in [-0.39, 0.29) is 18.4 Å². The van der Waals surface area contributed by atoms with Crippen molar-refractivity contribution in [3.8, 4) is 11.5 Å². The summed E-state index contributed by atoms with van der Waals surface area (Å²) in [7, 11) is 0. The molecule has 0 saturated carbocycles. The first-order valence-corrected chi connectivity index (χ1v) is 8.00. The van der Waals surface area contributed by atoms with E-state index in [4.69, 9.17) is 9.47 Å². The number of carbonyl (C=O) groups is 1. The van der Waals surface area contributed by atoms with Crippen LogP contribution >= 0.6 is 0 Å². The zero-order valence-electron chi connectivity index (χ0n) is 13.6. The molecule has 0 aliphatic carbocycles. The number of benzene rings is 2. The average Bonchev–Trinajstić information content (AvgIpc) is 3.08. The Morgan fingerprint density at radius 2 is 1.76 bits per heavy atom. The number of amides is 1. The van der Waals surface area contributed by atoms with Crippen molar-refractivity contribution in [1.82, 2.24) is 5.32 Å². The molecule has 2 aromatic rings. The van der Waals surface area contributed by atoms with E-state index in [0.29, 0.717) is 25.8 Å². The van der Waals surface area contributed by atoms with Gasteiger partial charge in [-0.25, -0.2) is 0 Å². The van der Waals surface area contributed by atoms with Crippen molar-refractivity contribution in [2.24, 2.45) is 0 Å². The summed E-state index contributed by atoms with van der Waals surface area (Å²) in [5.74, 6) is 1.42. The van der Waals surface area contributed by atoms with Crippen LogP contribution in [0.1, 0.15) is 17.5 Å². The van der Waals surface area contributed by atoms with E-state index in [1.54, 1.807) is 12.1 Å². The monoisotopic (exact) mass is 342 g/mol. The first kappa shape index (κ1) is 16.8. The Morgan fingerprint density at radius 3 is 2.52 bits per heavy atom. The summed E-state index contributed by atoms with van der Waals surface area (Å²) in [6.45, 7) is 0.736. The summed E-state index contributed by atoms with van der Waals surface area (Å²) >= 11 is 0. The lowest BCUT2D eigenvalue weighted by molar-refractivity contribution is -0.384. The molecular weight excluding hydrogens is 324 g/mol. The molecule has 1 heterocycles. The highest BCUT2D eigenvalue weighted by Gasteiger charge is 2.13. The number of nitrogens with one attached hydrogen (secondary N) is 1. The molecule has 0 fully saturated rings. The average molecular weight is 342 g/mol. The highest BCUT2D eigenvalue weighted by Crippen LogP contribution is 2.32. The highest BCUT2D eigenvalue weighted by atomic mass is 16.7. The van der Waals surface area contributed by atoms with Crippen LogP contribution in [-0.2, 0) is 17.6 Å². The van der Waals surface area contributed by atoms with Crippen LogP contribution < -0.4 is 14.8 Å². The van der Waals surface area contributed by atoms with E-state index in [1.165, 1.54) is 12.1 Å². The van der Waals surface area contributed by atoms with Crippen LogP contribution in [0.5, 0.6) is 11.5 Å². The Kier molecular flexibility index (Phi) is 5.13.